The van der Waals surface area contributed by atoms with Gasteiger partial charge in [0, 0.05) is 30.6 Å². The molecule has 6 rings (SSSR count). The van der Waals surface area contributed by atoms with Crippen molar-refractivity contribution < 1.29 is 14.9 Å². The molecule has 16 nitrogen and oxygen atoms in total. The summed E-state index contributed by atoms with van der Waals surface area (Å²) >= 11 is 1.78. The molecule has 2 saturated heterocycles. The number of nitrogens with two attached hydrogens (primary N) is 2. The van der Waals surface area contributed by atoms with E-state index in [0.29, 0.717) is 34.5 Å². The molecule has 2 fully saturated rings. The van der Waals surface area contributed by atoms with Crippen LogP contribution in [-0.2, 0) is 4.74 Å². The van der Waals surface area contributed by atoms with E-state index in [0.717, 1.165) is 44.7 Å². The Morgan fingerprint density at radius 3 is 2.77 bits per heavy atom. The molecule has 0 radical (unpaired) electrons. The highest BCUT2D eigenvalue weighted by molar-refractivity contribution is 7.99. The number of H-pyrrole nitrogens is 1. The van der Waals surface area contributed by atoms with E-state index in [-0.39, 0.29) is 23.0 Å². The highest BCUT2D eigenvalue weighted by Gasteiger charge is 2.44. The standard InChI is InChI=1S/C26H38N12O4S/c1-26(2)15(33-17-21(36-26)34-25(28)35-23(17)41)9-29-5-8-37-6-3-13(4-7-37)43-10-14-18(39)19(40)24(42-14)38-12-32-16-20(27)30-11-31-22(16)38/h11-14,18-19,24,29,39-40H,3-10H2,1-2H3,(H2,27,30,31)(H4,28,34,35,36,41)/t14-,18+,19?,24-/m1/s1. The summed E-state index contributed by atoms with van der Waals surface area (Å²) in [6.45, 7) is 8.19. The highest BCUT2D eigenvalue weighted by Crippen LogP contribution is 2.35. The average molecular weight is 615 g/mol. The Bertz CT molecular complexity index is 1550. The van der Waals surface area contributed by atoms with Gasteiger partial charge in [-0.2, -0.15) is 16.7 Å². The normalized spacial score (nSPS) is 25.9. The van der Waals surface area contributed by atoms with Gasteiger partial charge >= 0.3 is 0 Å². The molecule has 0 aliphatic carbocycles. The molecule has 4 atom stereocenters. The van der Waals surface area contributed by atoms with Crippen LogP contribution < -0.4 is 27.7 Å². The maximum Gasteiger partial charge on any atom is 0.280 e. The summed E-state index contributed by atoms with van der Waals surface area (Å²) in [5.74, 6) is 1.28. The van der Waals surface area contributed by atoms with Crippen LogP contribution in [0, 0.1) is 0 Å². The van der Waals surface area contributed by atoms with E-state index >= 15 is 0 Å². The van der Waals surface area contributed by atoms with Crippen LogP contribution in [0.25, 0.3) is 11.2 Å². The number of anilines is 3. The number of aromatic nitrogens is 6. The Morgan fingerprint density at radius 2 is 1.98 bits per heavy atom. The van der Waals surface area contributed by atoms with Gasteiger partial charge in [0.1, 0.15) is 24.1 Å². The van der Waals surface area contributed by atoms with E-state index in [1.54, 1.807) is 16.3 Å². The summed E-state index contributed by atoms with van der Waals surface area (Å²) < 4.78 is 7.69. The minimum atomic E-state index is -1.11. The van der Waals surface area contributed by atoms with Gasteiger partial charge in [-0.15, -0.1) is 0 Å². The first-order valence-electron chi connectivity index (χ1n) is 14.4. The summed E-state index contributed by atoms with van der Waals surface area (Å²) in [4.78, 5) is 38.4. The predicted molar refractivity (Wildman–Crippen MR) is 165 cm³/mol. The van der Waals surface area contributed by atoms with Gasteiger partial charge in [-0.1, -0.05) is 0 Å². The zero-order valence-corrected chi connectivity index (χ0v) is 24.9. The number of hydrogen-bond acceptors (Lipinski definition) is 15. The van der Waals surface area contributed by atoms with Crippen LogP contribution in [0.15, 0.2) is 22.4 Å². The molecule has 3 aromatic rings. The van der Waals surface area contributed by atoms with Crippen molar-refractivity contribution in [3.8, 4) is 0 Å². The number of likely N-dealkylation sites (tertiary alicyclic amines) is 1. The third-order valence-electron chi connectivity index (χ3n) is 8.24. The predicted octanol–water partition coefficient (Wildman–Crippen LogP) is -0.543. The molecule has 6 heterocycles. The molecule has 0 aromatic carbocycles. The molecule has 0 amide bonds. The van der Waals surface area contributed by atoms with Gasteiger partial charge in [0.25, 0.3) is 5.56 Å². The number of thioether (sulfide) groups is 1. The minimum Gasteiger partial charge on any atom is -0.387 e. The molecule has 17 heteroatoms. The zero-order valence-electron chi connectivity index (χ0n) is 24.1. The Kier molecular flexibility index (Phi) is 8.27. The monoisotopic (exact) mass is 614 g/mol. The van der Waals surface area contributed by atoms with Crippen LogP contribution in [0.4, 0.5) is 23.3 Å². The van der Waals surface area contributed by atoms with Crippen LogP contribution in [0.2, 0.25) is 0 Å². The van der Waals surface area contributed by atoms with Crippen molar-refractivity contribution in [1.82, 2.24) is 39.7 Å². The Balaban J connectivity index is 0.938. The van der Waals surface area contributed by atoms with E-state index < -0.39 is 30.1 Å². The molecular formula is C26H38N12O4S. The summed E-state index contributed by atoms with van der Waals surface area (Å²) in [5.41, 5.74) is 12.7. The van der Waals surface area contributed by atoms with Crippen molar-refractivity contribution in [3.63, 3.8) is 0 Å². The van der Waals surface area contributed by atoms with Crippen molar-refractivity contribution in [1.29, 1.82) is 0 Å². The largest absolute Gasteiger partial charge is 0.387 e. The first-order valence-corrected chi connectivity index (χ1v) is 15.4. The van der Waals surface area contributed by atoms with Crippen molar-refractivity contribution in [3.05, 3.63) is 23.0 Å². The third-order valence-corrected chi connectivity index (χ3v) is 9.70. The fourth-order valence-corrected chi connectivity index (χ4v) is 6.99. The molecule has 1 unspecified atom stereocenters. The number of imidazole rings is 1. The van der Waals surface area contributed by atoms with E-state index in [2.05, 4.69) is 45.4 Å². The van der Waals surface area contributed by atoms with Gasteiger partial charge in [0.15, 0.2) is 29.2 Å². The van der Waals surface area contributed by atoms with Crippen LogP contribution in [0.5, 0.6) is 0 Å². The number of aliphatic hydroxyl groups excluding tert-OH is 2. The van der Waals surface area contributed by atoms with Gasteiger partial charge in [0.05, 0.1) is 23.7 Å². The molecule has 9 N–H and O–H groups in total. The zero-order chi connectivity index (χ0) is 30.3. The second-order valence-electron chi connectivity index (χ2n) is 11.6. The molecule has 3 aliphatic rings. The number of nitrogens with zero attached hydrogens (tertiary/aromatic N) is 7. The van der Waals surface area contributed by atoms with Crippen LogP contribution in [0.3, 0.4) is 0 Å². The van der Waals surface area contributed by atoms with Crippen molar-refractivity contribution in [2.24, 2.45) is 4.99 Å². The topological polar surface area (TPSA) is 231 Å². The number of aliphatic hydroxyl groups is 2. The fraction of sp³-hybridized carbons (Fsp3) is 0.615. The lowest BCUT2D eigenvalue weighted by atomic mass is 9.96. The van der Waals surface area contributed by atoms with Crippen molar-refractivity contribution >= 4 is 51.9 Å². The number of aromatic amines is 1. The molecule has 0 saturated carbocycles. The third kappa shape index (κ3) is 6.05. The quantitative estimate of drug-likeness (QED) is 0.150. The van der Waals surface area contributed by atoms with Gasteiger partial charge in [-0.3, -0.25) is 14.3 Å². The minimum absolute atomic E-state index is 0.0598. The van der Waals surface area contributed by atoms with Gasteiger partial charge in [0.2, 0.25) is 5.95 Å². The van der Waals surface area contributed by atoms with E-state index in [1.165, 1.54) is 12.7 Å². The SMILES string of the molecule is CC1(C)Nc2nc(N)[nH]c(=O)c2N=C1CNCCN1CCC(SC[C@H]2O[C@@H](n3cnc4c(N)ncnc43)C(O)[C@H]2O)CC1. The first kappa shape index (κ1) is 29.7. The smallest absolute Gasteiger partial charge is 0.280 e. The maximum absolute atomic E-state index is 12.3. The Morgan fingerprint density at radius 1 is 1.19 bits per heavy atom. The number of ether oxygens (including phenoxy) is 1. The lowest BCUT2D eigenvalue weighted by Crippen LogP contribution is -2.48. The molecule has 3 aliphatic heterocycles. The Hall–Kier alpha value is -3.35. The number of piperidine rings is 1. The number of nitrogens with one attached hydrogen (secondary N) is 3. The molecule has 0 spiro atoms. The number of fused-ring (bicyclic) bond motifs is 2. The molecular weight excluding hydrogens is 576 g/mol. The molecule has 232 valence electrons. The van der Waals surface area contributed by atoms with E-state index in [9.17, 15) is 15.0 Å². The lowest BCUT2D eigenvalue weighted by Gasteiger charge is -2.34. The summed E-state index contributed by atoms with van der Waals surface area (Å²) in [7, 11) is 0. The van der Waals surface area contributed by atoms with Crippen LogP contribution >= 0.6 is 11.8 Å². The van der Waals surface area contributed by atoms with Gasteiger partial charge in [-0.25, -0.2) is 19.9 Å². The summed E-state index contributed by atoms with van der Waals surface area (Å²) in [5, 5.41) is 28.6. The number of rotatable bonds is 9. The number of aliphatic imine (C=N–C) groups is 1. The Labute approximate surface area is 251 Å². The fourth-order valence-electron chi connectivity index (χ4n) is 5.71. The van der Waals surface area contributed by atoms with E-state index in [1.807, 2.05) is 13.8 Å². The highest BCUT2D eigenvalue weighted by atomic mass is 32.2. The maximum atomic E-state index is 12.3. The van der Waals surface area contributed by atoms with Gasteiger partial charge in [-0.05, 0) is 39.8 Å². The summed E-state index contributed by atoms with van der Waals surface area (Å²) in [6.07, 6.45) is 1.45. The second-order valence-corrected chi connectivity index (χ2v) is 13.0. The van der Waals surface area contributed by atoms with Gasteiger partial charge < -0.3 is 42.0 Å². The summed E-state index contributed by atoms with van der Waals surface area (Å²) in [6, 6.07) is 0. The van der Waals surface area contributed by atoms with Crippen molar-refractivity contribution in [2.75, 3.05) is 55.3 Å². The average Bonchev–Trinajstić information content (AvgIpc) is 3.52. The number of nitrogen functional groups attached to an aromatic ring is 2. The van der Waals surface area contributed by atoms with E-state index in [4.69, 9.17) is 16.2 Å². The molecule has 0 bridgehead atoms. The lowest BCUT2D eigenvalue weighted by molar-refractivity contribution is -0.0289. The van der Waals surface area contributed by atoms with Crippen LogP contribution in [-0.4, -0.2) is 118 Å². The molecule has 43 heavy (non-hydrogen) atoms. The second kappa shape index (κ2) is 12.0. The van der Waals surface area contributed by atoms with Crippen molar-refractivity contribution in [2.45, 2.75) is 62.0 Å². The van der Waals surface area contributed by atoms with Crippen LogP contribution in [0.1, 0.15) is 32.9 Å². The first-order chi connectivity index (χ1) is 20.6. The number of hydrogen-bond donors (Lipinski definition) is 7. The molecule has 3 aromatic heterocycles.